The Hall–Kier alpha value is -1.37. The third-order valence-electron chi connectivity index (χ3n) is 3.44. The van der Waals surface area contributed by atoms with Crippen molar-refractivity contribution in [2.24, 2.45) is 0 Å². The largest absolute Gasteiger partial charge is 0.492 e. The first-order chi connectivity index (χ1) is 10.9. The average molecular weight is 398 g/mol. The lowest BCUT2D eigenvalue weighted by atomic mass is 10.1. The molecular weight excluding hydrogens is 378 g/mol. The summed E-state index contributed by atoms with van der Waals surface area (Å²) in [7, 11) is -3.36. The Balaban J connectivity index is 1.80. The summed E-state index contributed by atoms with van der Waals surface area (Å²) in [5, 5.41) is 0. The Bertz CT molecular complexity index is 758. The molecule has 0 aromatic heterocycles. The predicted octanol–water partition coefficient (Wildman–Crippen LogP) is 3.56. The molecule has 0 amide bonds. The summed E-state index contributed by atoms with van der Waals surface area (Å²) in [6.07, 6.45) is 0. The van der Waals surface area contributed by atoms with Gasteiger partial charge in [-0.1, -0.05) is 34.1 Å². The number of nitrogens with one attached hydrogen (secondary N) is 1. The molecule has 4 nitrogen and oxygen atoms in total. The zero-order valence-electron chi connectivity index (χ0n) is 13.2. The van der Waals surface area contributed by atoms with E-state index < -0.39 is 10.0 Å². The molecule has 0 spiro atoms. The molecule has 0 heterocycles. The molecule has 0 unspecified atom stereocenters. The van der Waals surface area contributed by atoms with Crippen LogP contribution in [-0.2, 0) is 15.8 Å². The number of ether oxygens (including phenoxy) is 1. The van der Waals surface area contributed by atoms with Crippen molar-refractivity contribution in [1.82, 2.24) is 4.72 Å². The summed E-state index contributed by atoms with van der Waals surface area (Å²) in [6.45, 7) is 4.59. The molecule has 0 radical (unpaired) electrons. The maximum absolute atomic E-state index is 12.0. The molecule has 1 N–H and O–H groups in total. The monoisotopic (exact) mass is 397 g/mol. The van der Waals surface area contributed by atoms with E-state index in [2.05, 4.69) is 20.7 Å². The second-order valence-electron chi connectivity index (χ2n) is 5.37. The lowest BCUT2D eigenvalue weighted by molar-refractivity contribution is 0.322. The second kappa shape index (κ2) is 7.95. The van der Waals surface area contributed by atoms with Crippen LogP contribution in [0.25, 0.3) is 0 Å². The number of halogens is 1. The van der Waals surface area contributed by atoms with Crippen LogP contribution >= 0.6 is 15.9 Å². The number of hydrogen-bond donors (Lipinski definition) is 1. The van der Waals surface area contributed by atoms with E-state index in [0.717, 1.165) is 21.3 Å². The third-order valence-corrected chi connectivity index (χ3v) is 5.33. The summed E-state index contributed by atoms with van der Waals surface area (Å²) >= 11 is 3.33. The predicted molar refractivity (Wildman–Crippen MR) is 96.2 cm³/mol. The zero-order chi connectivity index (χ0) is 16.9. The standard InChI is InChI=1S/C17H20BrNO3S/c1-13-3-8-17(11-14(13)2)22-10-9-19-23(20,21)12-15-4-6-16(18)7-5-15/h3-8,11,19H,9-10,12H2,1-2H3. The van der Waals surface area contributed by atoms with Gasteiger partial charge in [0.2, 0.25) is 10.0 Å². The highest BCUT2D eigenvalue weighted by molar-refractivity contribution is 9.10. The van der Waals surface area contributed by atoms with Crippen LogP contribution < -0.4 is 9.46 Å². The minimum Gasteiger partial charge on any atom is -0.492 e. The maximum Gasteiger partial charge on any atom is 0.215 e. The van der Waals surface area contributed by atoms with Gasteiger partial charge in [0.25, 0.3) is 0 Å². The van der Waals surface area contributed by atoms with Crippen molar-refractivity contribution in [3.63, 3.8) is 0 Å². The van der Waals surface area contributed by atoms with E-state index >= 15 is 0 Å². The van der Waals surface area contributed by atoms with Crippen LogP contribution in [0, 0.1) is 13.8 Å². The first-order valence-corrected chi connectivity index (χ1v) is 9.72. The van der Waals surface area contributed by atoms with Crippen LogP contribution in [0.1, 0.15) is 16.7 Å². The highest BCUT2D eigenvalue weighted by Gasteiger charge is 2.11. The van der Waals surface area contributed by atoms with Gasteiger partial charge < -0.3 is 4.74 Å². The van der Waals surface area contributed by atoms with Crippen molar-refractivity contribution in [2.45, 2.75) is 19.6 Å². The van der Waals surface area contributed by atoms with Gasteiger partial charge in [-0.3, -0.25) is 0 Å². The van der Waals surface area contributed by atoms with Gasteiger partial charge in [-0.05, 0) is 54.8 Å². The molecule has 0 atom stereocenters. The summed E-state index contributed by atoms with van der Waals surface area (Å²) in [5.74, 6) is 0.712. The molecule has 2 rings (SSSR count). The molecule has 0 aliphatic carbocycles. The van der Waals surface area contributed by atoms with Crippen LogP contribution in [0.2, 0.25) is 0 Å². The van der Waals surface area contributed by atoms with Gasteiger partial charge in [0.05, 0.1) is 5.75 Å². The van der Waals surface area contributed by atoms with E-state index in [1.54, 1.807) is 12.1 Å². The smallest absolute Gasteiger partial charge is 0.215 e. The molecule has 2 aromatic rings. The number of hydrogen-bond acceptors (Lipinski definition) is 3. The fourth-order valence-electron chi connectivity index (χ4n) is 2.02. The average Bonchev–Trinajstić information content (AvgIpc) is 2.49. The fraction of sp³-hybridized carbons (Fsp3) is 0.294. The molecular formula is C17H20BrNO3S. The van der Waals surface area contributed by atoms with Crippen LogP contribution in [0.3, 0.4) is 0 Å². The number of benzene rings is 2. The molecule has 124 valence electrons. The van der Waals surface area contributed by atoms with Crippen LogP contribution in [0.4, 0.5) is 0 Å². The molecule has 0 fully saturated rings. The van der Waals surface area contributed by atoms with E-state index in [1.165, 1.54) is 5.56 Å². The van der Waals surface area contributed by atoms with Gasteiger partial charge in [0.15, 0.2) is 0 Å². The Morgan fingerprint density at radius 1 is 1.04 bits per heavy atom. The van der Waals surface area contributed by atoms with Gasteiger partial charge in [-0.25, -0.2) is 13.1 Å². The van der Waals surface area contributed by atoms with Gasteiger partial charge in [-0.2, -0.15) is 0 Å². The lowest BCUT2D eigenvalue weighted by Crippen LogP contribution is -2.29. The van der Waals surface area contributed by atoms with Crippen LogP contribution in [-0.4, -0.2) is 21.6 Å². The van der Waals surface area contributed by atoms with E-state index in [0.29, 0.717) is 6.61 Å². The molecule has 0 bridgehead atoms. The van der Waals surface area contributed by atoms with Gasteiger partial charge in [0, 0.05) is 11.0 Å². The van der Waals surface area contributed by atoms with Gasteiger partial charge >= 0.3 is 0 Å². The summed E-state index contributed by atoms with van der Waals surface area (Å²) < 4.78 is 33.1. The van der Waals surface area contributed by atoms with Gasteiger partial charge in [0.1, 0.15) is 12.4 Å². The third kappa shape index (κ3) is 5.97. The minimum atomic E-state index is -3.36. The van der Waals surface area contributed by atoms with E-state index in [9.17, 15) is 8.42 Å². The lowest BCUT2D eigenvalue weighted by Gasteiger charge is -2.10. The van der Waals surface area contributed by atoms with Crippen molar-refractivity contribution in [1.29, 1.82) is 0 Å². The minimum absolute atomic E-state index is 0.0378. The van der Waals surface area contributed by atoms with Crippen molar-refractivity contribution in [3.8, 4) is 5.75 Å². The summed E-state index contributed by atoms with van der Waals surface area (Å²) in [6, 6.07) is 13.1. The molecule has 0 saturated heterocycles. The number of rotatable bonds is 7. The molecule has 2 aromatic carbocycles. The molecule has 0 aliphatic heterocycles. The first-order valence-electron chi connectivity index (χ1n) is 7.27. The fourth-order valence-corrected chi connectivity index (χ4v) is 3.41. The molecule has 23 heavy (non-hydrogen) atoms. The Kier molecular flexibility index (Phi) is 6.21. The highest BCUT2D eigenvalue weighted by atomic mass is 79.9. The first kappa shape index (κ1) is 18.0. The number of aryl methyl sites for hydroxylation is 2. The van der Waals surface area contributed by atoms with Crippen molar-refractivity contribution >= 4 is 26.0 Å². The molecule has 6 heteroatoms. The summed E-state index contributed by atoms with van der Waals surface area (Å²) in [5.41, 5.74) is 3.10. The number of sulfonamides is 1. The van der Waals surface area contributed by atoms with E-state index in [4.69, 9.17) is 4.74 Å². The molecule has 0 saturated carbocycles. The highest BCUT2D eigenvalue weighted by Crippen LogP contribution is 2.16. The van der Waals surface area contributed by atoms with E-state index in [-0.39, 0.29) is 12.3 Å². The SMILES string of the molecule is Cc1ccc(OCCNS(=O)(=O)Cc2ccc(Br)cc2)cc1C. The second-order valence-corrected chi connectivity index (χ2v) is 8.10. The quantitative estimate of drug-likeness (QED) is 0.726. The Morgan fingerprint density at radius 2 is 1.74 bits per heavy atom. The Morgan fingerprint density at radius 3 is 2.39 bits per heavy atom. The van der Waals surface area contributed by atoms with Crippen LogP contribution in [0.15, 0.2) is 46.9 Å². The topological polar surface area (TPSA) is 55.4 Å². The van der Waals surface area contributed by atoms with Crippen LogP contribution in [0.5, 0.6) is 5.75 Å². The van der Waals surface area contributed by atoms with Crippen molar-refractivity contribution < 1.29 is 13.2 Å². The molecule has 0 aliphatic rings. The van der Waals surface area contributed by atoms with Crippen molar-refractivity contribution in [3.05, 3.63) is 63.6 Å². The summed E-state index contributed by atoms with van der Waals surface area (Å²) in [4.78, 5) is 0. The normalized spacial score (nSPS) is 11.4. The van der Waals surface area contributed by atoms with Gasteiger partial charge in [-0.15, -0.1) is 0 Å². The maximum atomic E-state index is 12.0. The van der Waals surface area contributed by atoms with Crippen molar-refractivity contribution in [2.75, 3.05) is 13.2 Å². The van der Waals surface area contributed by atoms with E-state index in [1.807, 2.05) is 44.2 Å². The Labute approximate surface area is 146 Å². The zero-order valence-corrected chi connectivity index (χ0v) is 15.6.